The van der Waals surface area contributed by atoms with Crippen LogP contribution >= 0.6 is 15.9 Å². The van der Waals surface area contributed by atoms with Crippen LogP contribution in [-0.4, -0.2) is 25.9 Å². The van der Waals surface area contributed by atoms with Crippen molar-refractivity contribution in [2.45, 2.75) is 6.54 Å². The van der Waals surface area contributed by atoms with Gasteiger partial charge in [0.05, 0.1) is 28.2 Å². The zero-order valence-electron chi connectivity index (χ0n) is 12.9. The lowest BCUT2D eigenvalue weighted by Crippen LogP contribution is -2.32. The van der Waals surface area contributed by atoms with Crippen LogP contribution in [0.3, 0.4) is 0 Å². The largest absolute Gasteiger partial charge is 0.378 e. The number of aromatic nitrogens is 3. The van der Waals surface area contributed by atoms with Gasteiger partial charge in [-0.3, -0.25) is 15.6 Å². The highest BCUT2D eigenvalue weighted by atomic mass is 79.9. The number of benzene rings is 1. The molecule has 0 aliphatic heterocycles. The third-order valence-electron chi connectivity index (χ3n) is 3.37. The number of halogens is 2. The number of hydroxylamine groups is 1. The van der Waals surface area contributed by atoms with Crippen molar-refractivity contribution in [1.82, 2.24) is 14.8 Å². The predicted octanol–water partition coefficient (Wildman–Crippen LogP) is 3.47. The van der Waals surface area contributed by atoms with Gasteiger partial charge in [-0.2, -0.15) is 10.2 Å². The quantitative estimate of drug-likeness (QED) is 0.351. The lowest BCUT2D eigenvalue weighted by Gasteiger charge is -2.17. The molecule has 0 saturated heterocycles. The van der Waals surface area contributed by atoms with Gasteiger partial charge in [-0.25, -0.2) is 9.07 Å². The molecule has 0 aliphatic rings. The molecule has 0 saturated carbocycles. The van der Waals surface area contributed by atoms with Gasteiger partial charge in [0.25, 0.3) is 0 Å². The van der Waals surface area contributed by atoms with E-state index in [0.29, 0.717) is 17.3 Å². The molecule has 3 aromatic rings. The van der Waals surface area contributed by atoms with Crippen LogP contribution in [0, 0.1) is 11.2 Å². The van der Waals surface area contributed by atoms with E-state index in [1.54, 1.807) is 24.8 Å². The van der Waals surface area contributed by atoms with E-state index in [-0.39, 0.29) is 16.1 Å². The maximum absolute atomic E-state index is 13.3. The van der Waals surface area contributed by atoms with Crippen LogP contribution in [0.2, 0.25) is 0 Å². The lowest BCUT2D eigenvalue weighted by molar-refractivity contribution is 0.306. The number of hydrogen-bond donors (Lipinski definition) is 3. The molecule has 25 heavy (non-hydrogen) atoms. The molecule has 3 N–H and O–H groups in total. The lowest BCUT2D eigenvalue weighted by atomic mass is 10.3. The second-order valence-electron chi connectivity index (χ2n) is 5.12. The molecule has 0 amide bonds. The van der Waals surface area contributed by atoms with E-state index in [4.69, 9.17) is 5.41 Å². The van der Waals surface area contributed by atoms with Crippen LogP contribution in [-0.2, 0) is 6.54 Å². The maximum Gasteiger partial charge on any atom is 0.248 e. The minimum Gasteiger partial charge on any atom is -0.378 e. The summed E-state index contributed by atoms with van der Waals surface area (Å²) in [5.74, 6) is -0.752. The van der Waals surface area contributed by atoms with Crippen molar-refractivity contribution in [1.29, 1.82) is 5.41 Å². The fourth-order valence-corrected chi connectivity index (χ4v) is 2.44. The van der Waals surface area contributed by atoms with E-state index in [1.165, 1.54) is 22.9 Å². The first-order valence-corrected chi connectivity index (χ1v) is 8.04. The Kier molecular flexibility index (Phi) is 5.05. The number of anilines is 2. The van der Waals surface area contributed by atoms with E-state index in [1.807, 2.05) is 12.1 Å². The Morgan fingerprint density at radius 1 is 1.36 bits per heavy atom. The third-order valence-corrected chi connectivity index (χ3v) is 3.98. The average Bonchev–Trinajstić information content (AvgIpc) is 3.11. The summed E-state index contributed by atoms with van der Waals surface area (Å²) in [7, 11) is 0. The second-order valence-corrected chi connectivity index (χ2v) is 5.98. The Bertz CT molecular complexity index is 885. The molecule has 1 aromatic carbocycles. The molecule has 128 valence electrons. The third kappa shape index (κ3) is 4.01. The van der Waals surface area contributed by atoms with E-state index >= 15 is 0 Å². The molecule has 3 rings (SSSR count). The smallest absolute Gasteiger partial charge is 0.248 e. The summed E-state index contributed by atoms with van der Waals surface area (Å²) < 4.78 is 14.7. The normalized spacial score (nSPS) is 10.5. The summed E-state index contributed by atoms with van der Waals surface area (Å²) in [6.45, 7) is 0.556. The van der Waals surface area contributed by atoms with Gasteiger partial charge in [0.15, 0.2) is 0 Å². The first-order chi connectivity index (χ1) is 12.0. The Morgan fingerprint density at radius 2 is 2.20 bits per heavy atom. The number of nitrogens with zero attached hydrogens (tertiary/aromatic N) is 4. The molecule has 0 aliphatic carbocycles. The molecule has 2 heterocycles. The van der Waals surface area contributed by atoms with Gasteiger partial charge in [0, 0.05) is 18.9 Å². The number of rotatable bonds is 4. The summed E-state index contributed by atoms with van der Waals surface area (Å²) in [5.41, 5.74) is 1.92. The van der Waals surface area contributed by atoms with Gasteiger partial charge >= 0.3 is 0 Å². The zero-order chi connectivity index (χ0) is 17.8. The highest BCUT2D eigenvalue weighted by Gasteiger charge is 2.14. The first-order valence-electron chi connectivity index (χ1n) is 7.25. The molecule has 9 heteroatoms. The Labute approximate surface area is 151 Å². The van der Waals surface area contributed by atoms with Crippen molar-refractivity contribution in [3.05, 3.63) is 71.0 Å². The number of nitrogens with one attached hydrogen (secondary N) is 2. The molecular weight excluding hydrogens is 391 g/mol. The van der Waals surface area contributed by atoms with Crippen LogP contribution in [0.5, 0.6) is 0 Å². The summed E-state index contributed by atoms with van der Waals surface area (Å²) in [6.07, 6.45) is 6.56. The van der Waals surface area contributed by atoms with Gasteiger partial charge in [-0.15, -0.1) is 0 Å². The summed E-state index contributed by atoms with van der Waals surface area (Å²) >= 11 is 3.05. The van der Waals surface area contributed by atoms with Crippen LogP contribution < -0.4 is 10.4 Å². The van der Waals surface area contributed by atoms with Crippen molar-refractivity contribution < 1.29 is 9.60 Å². The minimum atomic E-state index is -0.454. The monoisotopic (exact) mass is 404 g/mol. The first kappa shape index (κ1) is 17.1. The average molecular weight is 405 g/mol. The predicted molar refractivity (Wildman–Crippen MR) is 95.3 cm³/mol. The topological polar surface area (TPSA) is 90.1 Å². The van der Waals surface area contributed by atoms with Gasteiger partial charge < -0.3 is 5.32 Å². The molecule has 0 atom stereocenters. The van der Waals surface area contributed by atoms with E-state index in [9.17, 15) is 9.60 Å². The molecule has 0 radical (unpaired) electrons. The van der Waals surface area contributed by atoms with Gasteiger partial charge in [0.2, 0.25) is 5.96 Å². The SMILES string of the molecule is N=C(N(O)c1ccc(F)c(Br)c1)n1cc(NCc2cccnc2)cn1. The van der Waals surface area contributed by atoms with Crippen molar-refractivity contribution in [2.75, 3.05) is 10.4 Å². The standard InChI is InChI=1S/C16H14BrFN6O/c17-14-6-13(3-4-15(14)18)24(25)16(19)23-10-12(9-22-23)21-8-11-2-1-5-20-7-11/h1-7,9-10,19,21,25H,8H2. The molecular formula is C16H14BrFN6O. The van der Waals surface area contributed by atoms with E-state index in [2.05, 4.69) is 31.3 Å². The van der Waals surface area contributed by atoms with Crippen LogP contribution in [0.1, 0.15) is 5.56 Å². The second kappa shape index (κ2) is 7.41. The summed E-state index contributed by atoms with van der Waals surface area (Å²) in [5, 5.41) is 26.0. The molecule has 2 aromatic heterocycles. The highest BCUT2D eigenvalue weighted by molar-refractivity contribution is 9.10. The molecule has 0 unspecified atom stereocenters. The van der Waals surface area contributed by atoms with E-state index in [0.717, 1.165) is 5.56 Å². The van der Waals surface area contributed by atoms with Crippen LogP contribution in [0.4, 0.5) is 15.8 Å². The zero-order valence-corrected chi connectivity index (χ0v) is 14.5. The number of hydrogen-bond acceptors (Lipinski definition) is 5. The molecule has 0 spiro atoms. The Balaban J connectivity index is 1.68. The highest BCUT2D eigenvalue weighted by Crippen LogP contribution is 2.22. The van der Waals surface area contributed by atoms with Crippen molar-refractivity contribution in [3.63, 3.8) is 0 Å². The molecule has 7 nitrogen and oxygen atoms in total. The fourth-order valence-electron chi connectivity index (χ4n) is 2.07. The Morgan fingerprint density at radius 3 is 2.92 bits per heavy atom. The van der Waals surface area contributed by atoms with Crippen LogP contribution in [0.25, 0.3) is 0 Å². The maximum atomic E-state index is 13.3. The molecule has 0 fully saturated rings. The van der Waals surface area contributed by atoms with E-state index < -0.39 is 5.82 Å². The van der Waals surface area contributed by atoms with Crippen molar-refractivity contribution >= 4 is 33.3 Å². The van der Waals surface area contributed by atoms with Crippen molar-refractivity contribution in [3.8, 4) is 0 Å². The van der Waals surface area contributed by atoms with Gasteiger partial charge in [-0.1, -0.05) is 6.07 Å². The van der Waals surface area contributed by atoms with Gasteiger partial charge in [0.1, 0.15) is 5.82 Å². The van der Waals surface area contributed by atoms with Crippen LogP contribution in [0.15, 0.2) is 59.6 Å². The Hall–Kier alpha value is -2.78. The summed E-state index contributed by atoms with van der Waals surface area (Å²) in [6, 6.07) is 7.71. The summed E-state index contributed by atoms with van der Waals surface area (Å²) in [4.78, 5) is 4.04. The van der Waals surface area contributed by atoms with Gasteiger partial charge in [-0.05, 0) is 45.8 Å². The minimum absolute atomic E-state index is 0.191. The number of pyridine rings is 1. The van der Waals surface area contributed by atoms with Crippen molar-refractivity contribution in [2.24, 2.45) is 0 Å². The fraction of sp³-hybridized carbons (Fsp3) is 0.0625. The molecule has 0 bridgehead atoms.